The molecule has 0 spiro atoms. The fraction of sp³-hybridized carbons (Fsp3) is 0.778. The van der Waals surface area contributed by atoms with Crippen LogP contribution >= 0.6 is 0 Å². The first-order valence-corrected chi connectivity index (χ1v) is 17.4. The molecular formula is C36H64N2O4. The predicted octanol–water partition coefficient (Wildman–Crippen LogP) is 8.93. The maximum absolute atomic E-state index is 12.6. The van der Waals surface area contributed by atoms with Gasteiger partial charge in [-0.05, 0) is 96.0 Å². The Hall–Kier alpha value is -1.92. The molecule has 6 heteroatoms. The van der Waals surface area contributed by atoms with Crippen molar-refractivity contribution in [2.75, 3.05) is 52.5 Å². The molecule has 242 valence electrons. The van der Waals surface area contributed by atoms with Gasteiger partial charge in [0.1, 0.15) is 0 Å². The van der Waals surface area contributed by atoms with Gasteiger partial charge in [-0.2, -0.15) is 0 Å². The van der Waals surface area contributed by atoms with Gasteiger partial charge in [-0.25, -0.2) is 9.59 Å². The van der Waals surface area contributed by atoms with Gasteiger partial charge in [-0.3, -0.25) is 0 Å². The molecule has 1 aromatic carbocycles. The summed E-state index contributed by atoms with van der Waals surface area (Å²) in [6.45, 7) is 16.3. The normalized spacial score (nSPS) is 11.4. The van der Waals surface area contributed by atoms with Crippen molar-refractivity contribution in [2.45, 2.75) is 130 Å². The second-order valence-electron chi connectivity index (χ2n) is 11.7. The molecule has 0 heterocycles. The summed E-state index contributed by atoms with van der Waals surface area (Å²) < 4.78 is 11.0. The van der Waals surface area contributed by atoms with Gasteiger partial charge in [0.2, 0.25) is 0 Å². The minimum absolute atomic E-state index is 0.380. The van der Waals surface area contributed by atoms with Gasteiger partial charge in [0.15, 0.2) is 0 Å². The highest BCUT2D eigenvalue weighted by Crippen LogP contribution is 2.11. The van der Waals surface area contributed by atoms with E-state index in [1.807, 2.05) is 0 Å². The molecule has 0 aliphatic heterocycles. The zero-order valence-electron chi connectivity index (χ0n) is 27.8. The van der Waals surface area contributed by atoms with Crippen LogP contribution in [0.4, 0.5) is 0 Å². The summed E-state index contributed by atoms with van der Waals surface area (Å²) in [6.07, 6.45) is 19.6. The van der Waals surface area contributed by atoms with Gasteiger partial charge in [0.25, 0.3) is 0 Å². The first kappa shape index (κ1) is 38.1. The Morgan fingerprint density at radius 3 is 1.26 bits per heavy atom. The van der Waals surface area contributed by atoms with Crippen LogP contribution in [0.5, 0.6) is 0 Å². The summed E-state index contributed by atoms with van der Waals surface area (Å²) in [5, 5.41) is 0. The maximum Gasteiger partial charge on any atom is 0.338 e. The molecule has 0 fully saturated rings. The van der Waals surface area contributed by atoms with Crippen molar-refractivity contribution in [2.24, 2.45) is 0 Å². The van der Waals surface area contributed by atoms with Crippen LogP contribution in [0.1, 0.15) is 151 Å². The molecule has 0 aliphatic rings. The number of hydrogen-bond donors (Lipinski definition) is 0. The monoisotopic (exact) mass is 588 g/mol. The topological polar surface area (TPSA) is 59.1 Å². The summed E-state index contributed by atoms with van der Waals surface area (Å²) in [4.78, 5) is 30.1. The van der Waals surface area contributed by atoms with Crippen LogP contribution < -0.4 is 0 Å². The Morgan fingerprint density at radius 2 is 0.881 bits per heavy atom. The van der Waals surface area contributed by atoms with Gasteiger partial charge in [0, 0.05) is 0 Å². The van der Waals surface area contributed by atoms with E-state index in [0.29, 0.717) is 24.3 Å². The Balaban J connectivity index is 2.23. The van der Waals surface area contributed by atoms with Crippen molar-refractivity contribution in [1.82, 2.24) is 9.80 Å². The number of rotatable bonds is 28. The van der Waals surface area contributed by atoms with Gasteiger partial charge in [-0.1, -0.05) is 98.0 Å². The van der Waals surface area contributed by atoms with E-state index < -0.39 is 0 Å². The number of ether oxygens (including phenoxy) is 2. The van der Waals surface area contributed by atoms with E-state index in [1.165, 1.54) is 77.0 Å². The smallest absolute Gasteiger partial charge is 0.338 e. The van der Waals surface area contributed by atoms with Crippen molar-refractivity contribution in [3.8, 4) is 0 Å². The van der Waals surface area contributed by atoms with Crippen LogP contribution in [0, 0.1) is 0 Å². The summed E-state index contributed by atoms with van der Waals surface area (Å²) in [7, 11) is 0. The van der Waals surface area contributed by atoms with Gasteiger partial charge < -0.3 is 19.3 Å². The van der Waals surface area contributed by atoms with Crippen molar-refractivity contribution in [3.63, 3.8) is 0 Å². The molecule has 1 aromatic rings. The van der Waals surface area contributed by atoms with Crippen LogP contribution in [0.2, 0.25) is 0 Å². The van der Waals surface area contributed by atoms with Gasteiger partial charge in [0.05, 0.1) is 24.3 Å². The lowest BCUT2D eigenvalue weighted by molar-refractivity contribution is 0.0493. The average molecular weight is 589 g/mol. The zero-order valence-corrected chi connectivity index (χ0v) is 27.8. The Kier molecular flexibility index (Phi) is 24.2. The van der Waals surface area contributed by atoms with E-state index in [0.717, 1.165) is 65.0 Å². The lowest BCUT2D eigenvalue weighted by Gasteiger charge is -2.20. The molecule has 0 N–H and O–H groups in total. The van der Waals surface area contributed by atoms with E-state index in [9.17, 15) is 9.59 Å². The number of carbonyl (C=O) groups is 2. The third-order valence-corrected chi connectivity index (χ3v) is 8.09. The minimum atomic E-state index is -0.380. The van der Waals surface area contributed by atoms with Crippen molar-refractivity contribution < 1.29 is 19.1 Å². The molecule has 0 aliphatic carbocycles. The van der Waals surface area contributed by atoms with Crippen molar-refractivity contribution >= 4 is 11.9 Å². The quantitative estimate of drug-likeness (QED) is 0.0719. The molecular weight excluding hydrogens is 524 g/mol. The van der Waals surface area contributed by atoms with E-state index in [-0.39, 0.29) is 11.9 Å². The number of hydrogen-bond acceptors (Lipinski definition) is 6. The third kappa shape index (κ3) is 19.3. The SMILES string of the molecule is CCCCCCCCN(CC)CCCCOC(=O)c1cccc(C(=O)OCCCCN(CC)CCCCCCCC)c1. The predicted molar refractivity (Wildman–Crippen MR) is 176 cm³/mol. The van der Waals surface area contributed by atoms with Crippen LogP contribution in [0.15, 0.2) is 24.3 Å². The molecule has 0 aromatic heterocycles. The largest absolute Gasteiger partial charge is 0.462 e. The number of carbonyl (C=O) groups excluding carboxylic acids is 2. The van der Waals surface area contributed by atoms with Gasteiger partial charge in [-0.15, -0.1) is 0 Å². The highest BCUT2D eigenvalue weighted by Gasteiger charge is 2.13. The molecule has 6 nitrogen and oxygen atoms in total. The highest BCUT2D eigenvalue weighted by molar-refractivity contribution is 5.95. The van der Waals surface area contributed by atoms with E-state index in [2.05, 4.69) is 37.5 Å². The summed E-state index contributed by atoms with van der Waals surface area (Å²) in [5.74, 6) is -0.761. The van der Waals surface area contributed by atoms with Crippen LogP contribution in [0.25, 0.3) is 0 Å². The minimum Gasteiger partial charge on any atom is -0.462 e. The molecule has 0 atom stereocenters. The Morgan fingerprint density at radius 1 is 0.524 bits per heavy atom. The second kappa shape index (κ2) is 26.7. The van der Waals surface area contributed by atoms with Crippen LogP contribution in [-0.2, 0) is 9.47 Å². The highest BCUT2D eigenvalue weighted by atomic mass is 16.5. The summed E-state index contributed by atoms with van der Waals surface area (Å²) in [5.41, 5.74) is 0.798. The fourth-order valence-electron chi connectivity index (χ4n) is 5.23. The maximum atomic E-state index is 12.6. The Labute approximate surface area is 258 Å². The zero-order chi connectivity index (χ0) is 30.7. The number of unbranched alkanes of at least 4 members (excludes halogenated alkanes) is 12. The first-order chi connectivity index (χ1) is 20.5. The second-order valence-corrected chi connectivity index (χ2v) is 11.7. The lowest BCUT2D eigenvalue weighted by Crippen LogP contribution is -2.26. The fourth-order valence-corrected chi connectivity index (χ4v) is 5.23. The number of benzene rings is 1. The van der Waals surface area contributed by atoms with E-state index in [1.54, 1.807) is 24.3 Å². The standard InChI is InChI=1S/C36H64N2O4/c1-5-9-11-13-15-17-26-37(7-3)28-19-21-30-41-35(39)33-24-23-25-34(32-33)36(40)42-31-22-20-29-38(8-4)27-18-16-14-12-10-6-2/h23-25,32H,5-22,26-31H2,1-4H3. The van der Waals surface area contributed by atoms with Crippen molar-refractivity contribution in [3.05, 3.63) is 35.4 Å². The van der Waals surface area contributed by atoms with E-state index in [4.69, 9.17) is 9.47 Å². The van der Waals surface area contributed by atoms with Crippen LogP contribution in [0.3, 0.4) is 0 Å². The molecule has 0 amide bonds. The lowest BCUT2D eigenvalue weighted by atomic mass is 10.1. The molecule has 0 saturated carbocycles. The first-order valence-electron chi connectivity index (χ1n) is 17.4. The van der Waals surface area contributed by atoms with Gasteiger partial charge >= 0.3 is 11.9 Å². The molecule has 42 heavy (non-hydrogen) atoms. The van der Waals surface area contributed by atoms with Crippen LogP contribution in [-0.4, -0.2) is 74.2 Å². The molecule has 1 rings (SSSR count). The molecule has 0 saturated heterocycles. The summed E-state index contributed by atoms with van der Waals surface area (Å²) >= 11 is 0. The third-order valence-electron chi connectivity index (χ3n) is 8.09. The molecule has 0 radical (unpaired) electrons. The molecule has 0 unspecified atom stereocenters. The number of esters is 2. The van der Waals surface area contributed by atoms with E-state index >= 15 is 0 Å². The molecule has 0 bridgehead atoms. The Bertz CT molecular complexity index is 739. The number of nitrogens with zero attached hydrogens (tertiary/aromatic N) is 2. The summed E-state index contributed by atoms with van der Waals surface area (Å²) in [6, 6.07) is 6.70. The van der Waals surface area contributed by atoms with Crippen molar-refractivity contribution in [1.29, 1.82) is 0 Å². The average Bonchev–Trinajstić information content (AvgIpc) is 3.01.